The first-order valence-corrected chi connectivity index (χ1v) is 9.24. The first kappa shape index (κ1) is 18.7. The van der Waals surface area contributed by atoms with Crippen LogP contribution in [0.5, 0.6) is 0 Å². The predicted molar refractivity (Wildman–Crippen MR) is 103 cm³/mol. The average Bonchev–Trinajstić information content (AvgIpc) is 2.91. The second-order valence-electron chi connectivity index (χ2n) is 7.49. The molecule has 2 bridgehead atoms. The van der Waals surface area contributed by atoms with Crippen molar-refractivity contribution in [3.05, 3.63) is 71.3 Å². The van der Waals surface area contributed by atoms with Crippen molar-refractivity contribution in [2.75, 3.05) is 0 Å². The van der Waals surface area contributed by atoms with Crippen molar-refractivity contribution in [3.8, 4) is 18.2 Å². The molecular formula is C23H18N4O2. The molecule has 2 aliphatic heterocycles. The molecule has 0 amide bonds. The van der Waals surface area contributed by atoms with Gasteiger partial charge in [-0.1, -0.05) is 61.5 Å². The smallest absolute Gasteiger partial charge is 0.244 e. The lowest BCUT2D eigenvalue weighted by molar-refractivity contribution is -0.288. The van der Waals surface area contributed by atoms with E-state index in [2.05, 4.69) is 18.2 Å². The number of nitriles is 3. The first-order chi connectivity index (χ1) is 13.9. The second kappa shape index (κ2) is 6.17. The van der Waals surface area contributed by atoms with Crippen LogP contribution in [0.4, 0.5) is 0 Å². The third kappa shape index (κ3) is 2.03. The minimum absolute atomic E-state index is 0.407. The molecule has 2 aliphatic rings. The molecule has 0 radical (unpaired) electrons. The Morgan fingerprint density at radius 2 is 1.55 bits per heavy atom. The summed E-state index contributed by atoms with van der Waals surface area (Å²) in [7, 11) is 0. The van der Waals surface area contributed by atoms with Gasteiger partial charge in [-0.2, -0.15) is 15.8 Å². The van der Waals surface area contributed by atoms with Crippen molar-refractivity contribution in [2.24, 2.45) is 16.7 Å². The summed E-state index contributed by atoms with van der Waals surface area (Å²) in [5.41, 5.74) is -1.64. The van der Waals surface area contributed by atoms with Crippen molar-refractivity contribution in [2.45, 2.75) is 25.7 Å². The SMILES string of the molecule is Cc1ccccc1C1OC2(c3ccccc3)OC(=N)C(C#N)(C2C)C1(C#N)C#N. The highest BCUT2D eigenvalue weighted by Gasteiger charge is 2.79. The molecule has 4 rings (SSSR count). The molecule has 29 heavy (non-hydrogen) atoms. The van der Waals surface area contributed by atoms with Gasteiger partial charge in [-0.25, -0.2) is 0 Å². The van der Waals surface area contributed by atoms with Crippen LogP contribution < -0.4 is 0 Å². The lowest BCUT2D eigenvalue weighted by Crippen LogP contribution is -2.57. The van der Waals surface area contributed by atoms with Gasteiger partial charge in [-0.3, -0.25) is 5.41 Å². The summed E-state index contributed by atoms with van der Waals surface area (Å²) < 4.78 is 12.4. The van der Waals surface area contributed by atoms with Crippen molar-refractivity contribution >= 4 is 5.90 Å². The van der Waals surface area contributed by atoms with Crippen LogP contribution in [0.15, 0.2) is 54.6 Å². The number of rotatable bonds is 2. The summed E-state index contributed by atoms with van der Waals surface area (Å²) in [5.74, 6) is -2.61. The molecule has 6 nitrogen and oxygen atoms in total. The van der Waals surface area contributed by atoms with E-state index in [0.717, 1.165) is 5.56 Å². The van der Waals surface area contributed by atoms with Gasteiger partial charge in [-0.05, 0) is 18.1 Å². The molecule has 6 heteroatoms. The molecule has 142 valence electrons. The summed E-state index contributed by atoms with van der Waals surface area (Å²) >= 11 is 0. The Morgan fingerprint density at radius 1 is 0.931 bits per heavy atom. The van der Waals surface area contributed by atoms with E-state index in [1.807, 2.05) is 37.3 Å². The van der Waals surface area contributed by atoms with Gasteiger partial charge >= 0.3 is 0 Å². The molecule has 1 N–H and O–H groups in total. The van der Waals surface area contributed by atoms with Crippen LogP contribution in [0.1, 0.15) is 29.7 Å². The van der Waals surface area contributed by atoms with Crippen molar-refractivity contribution in [1.29, 1.82) is 21.2 Å². The predicted octanol–water partition coefficient (Wildman–Crippen LogP) is 4.11. The number of fused-ring (bicyclic) bond motifs is 2. The molecule has 0 spiro atoms. The summed E-state index contributed by atoms with van der Waals surface area (Å²) in [6.45, 7) is 3.56. The Kier molecular flexibility index (Phi) is 3.98. The molecule has 0 saturated carbocycles. The third-order valence-electron chi connectivity index (χ3n) is 6.32. The van der Waals surface area contributed by atoms with Gasteiger partial charge in [-0.15, -0.1) is 0 Å². The number of nitrogens with one attached hydrogen (secondary N) is 1. The van der Waals surface area contributed by atoms with Gasteiger partial charge < -0.3 is 9.47 Å². The zero-order valence-electron chi connectivity index (χ0n) is 16.0. The highest BCUT2D eigenvalue weighted by Crippen LogP contribution is 2.69. The molecule has 2 saturated heterocycles. The highest BCUT2D eigenvalue weighted by atomic mass is 16.7. The van der Waals surface area contributed by atoms with E-state index in [1.54, 1.807) is 31.2 Å². The minimum Gasteiger partial charge on any atom is -0.443 e. The summed E-state index contributed by atoms with van der Waals surface area (Å²) in [4.78, 5) is 0. The minimum atomic E-state index is -1.95. The summed E-state index contributed by atoms with van der Waals surface area (Å²) in [6.07, 6.45) is -1.07. The number of hydrogen-bond donors (Lipinski definition) is 1. The van der Waals surface area contributed by atoms with Gasteiger partial charge in [0.2, 0.25) is 17.1 Å². The third-order valence-corrected chi connectivity index (χ3v) is 6.32. The Bertz CT molecular complexity index is 1110. The number of hydrogen-bond acceptors (Lipinski definition) is 6. The number of ether oxygens (including phenoxy) is 2. The molecule has 0 aromatic heterocycles. The fraction of sp³-hybridized carbons (Fsp3) is 0.304. The Hall–Kier alpha value is -3.66. The van der Waals surface area contributed by atoms with Crippen LogP contribution >= 0.6 is 0 Å². The summed E-state index contributed by atoms with van der Waals surface area (Å²) in [6, 6.07) is 22.6. The van der Waals surface area contributed by atoms with E-state index in [-0.39, 0.29) is 0 Å². The van der Waals surface area contributed by atoms with Crippen LogP contribution in [-0.2, 0) is 15.3 Å². The van der Waals surface area contributed by atoms with Gasteiger partial charge in [0.05, 0.1) is 24.1 Å². The Morgan fingerprint density at radius 3 is 2.14 bits per heavy atom. The molecule has 4 unspecified atom stereocenters. The van der Waals surface area contributed by atoms with Gasteiger partial charge in [0, 0.05) is 5.56 Å². The topological polar surface area (TPSA) is 114 Å². The van der Waals surface area contributed by atoms with Crippen LogP contribution in [0, 0.1) is 63.1 Å². The second-order valence-corrected chi connectivity index (χ2v) is 7.49. The van der Waals surface area contributed by atoms with E-state index in [9.17, 15) is 15.8 Å². The maximum absolute atomic E-state index is 10.3. The van der Waals surface area contributed by atoms with E-state index in [1.165, 1.54) is 0 Å². The normalized spacial score (nSPS) is 31.8. The van der Waals surface area contributed by atoms with Gasteiger partial charge in [0.15, 0.2) is 5.41 Å². The Labute approximate surface area is 169 Å². The lowest BCUT2D eigenvalue weighted by Gasteiger charge is -2.49. The summed E-state index contributed by atoms with van der Waals surface area (Å²) in [5, 5.41) is 39.3. The van der Waals surface area contributed by atoms with E-state index in [4.69, 9.17) is 14.9 Å². The Balaban J connectivity index is 2.08. The van der Waals surface area contributed by atoms with E-state index < -0.39 is 34.5 Å². The van der Waals surface area contributed by atoms with Crippen molar-refractivity contribution < 1.29 is 9.47 Å². The molecule has 4 atom stereocenters. The van der Waals surface area contributed by atoms with E-state index >= 15 is 0 Å². The van der Waals surface area contributed by atoms with Crippen LogP contribution in [-0.4, -0.2) is 5.90 Å². The molecule has 2 fully saturated rings. The molecular weight excluding hydrogens is 364 g/mol. The highest BCUT2D eigenvalue weighted by molar-refractivity contribution is 5.89. The largest absolute Gasteiger partial charge is 0.443 e. The quantitative estimate of drug-likeness (QED) is 0.839. The van der Waals surface area contributed by atoms with Crippen LogP contribution in [0.3, 0.4) is 0 Å². The zero-order chi connectivity index (χ0) is 20.9. The standard InChI is InChI=1S/C23H18N4O2/c1-15-8-6-7-11-18(15)19-21(12-24,13-25)22(14-26)16(2)23(28-19,29-20(22)27)17-9-4-3-5-10-17/h3-11,16,19,27H,1-2H3. The van der Waals surface area contributed by atoms with Gasteiger partial charge in [0.1, 0.15) is 6.10 Å². The number of nitrogens with zero attached hydrogens (tertiary/aromatic N) is 3. The molecule has 0 aliphatic carbocycles. The van der Waals surface area contributed by atoms with Crippen molar-refractivity contribution in [3.63, 3.8) is 0 Å². The monoisotopic (exact) mass is 382 g/mol. The fourth-order valence-corrected chi connectivity index (χ4v) is 4.70. The lowest BCUT2D eigenvalue weighted by atomic mass is 9.53. The average molecular weight is 382 g/mol. The maximum atomic E-state index is 10.3. The zero-order valence-corrected chi connectivity index (χ0v) is 16.0. The maximum Gasteiger partial charge on any atom is 0.244 e. The van der Waals surface area contributed by atoms with Crippen molar-refractivity contribution in [1.82, 2.24) is 0 Å². The first-order valence-electron chi connectivity index (χ1n) is 9.24. The fourth-order valence-electron chi connectivity index (χ4n) is 4.70. The van der Waals surface area contributed by atoms with E-state index in [0.29, 0.717) is 11.1 Å². The number of benzene rings is 2. The molecule has 2 heterocycles. The van der Waals surface area contributed by atoms with Crippen LogP contribution in [0.2, 0.25) is 0 Å². The molecule has 2 aromatic carbocycles. The van der Waals surface area contributed by atoms with Gasteiger partial charge in [0.25, 0.3) is 0 Å². The van der Waals surface area contributed by atoms with Crippen LogP contribution in [0.25, 0.3) is 0 Å². The number of aryl methyl sites for hydroxylation is 1. The molecule has 2 aromatic rings.